The third-order valence-corrected chi connectivity index (χ3v) is 9.58. The molecule has 9 heteroatoms. The van der Waals surface area contributed by atoms with Crippen LogP contribution in [0.25, 0.3) is 0 Å². The molecule has 9 nitrogen and oxygen atoms in total. The number of carboxylic acids is 2. The first-order valence-electron chi connectivity index (χ1n) is 12.9. The smallest absolute Gasteiger partial charge is 0.326 e. The van der Waals surface area contributed by atoms with Gasteiger partial charge in [-0.25, -0.2) is 4.79 Å². The third kappa shape index (κ3) is 4.97. The fourth-order valence-electron chi connectivity index (χ4n) is 7.55. The Morgan fingerprint density at radius 1 is 1.11 bits per heavy atom. The van der Waals surface area contributed by atoms with Gasteiger partial charge in [0.2, 0.25) is 0 Å². The van der Waals surface area contributed by atoms with E-state index in [2.05, 4.69) is 30.4 Å². The largest absolute Gasteiger partial charge is 0.481 e. The number of hydrogen-bond donors (Lipinski definition) is 4. The van der Waals surface area contributed by atoms with Crippen LogP contribution in [-0.4, -0.2) is 57.6 Å². The number of carbonyl (C=O) groups excluding carboxylic acids is 1. The molecule has 0 heterocycles. The minimum atomic E-state index is -1.28. The van der Waals surface area contributed by atoms with Gasteiger partial charge in [-0.3, -0.25) is 9.59 Å². The highest BCUT2D eigenvalue weighted by Gasteiger charge is 2.58. The van der Waals surface area contributed by atoms with Crippen LogP contribution in [0.3, 0.4) is 0 Å². The van der Waals surface area contributed by atoms with Gasteiger partial charge in [0.1, 0.15) is 6.04 Å². The Bertz CT molecular complexity index is 931. The van der Waals surface area contributed by atoms with E-state index in [-0.39, 0.29) is 29.8 Å². The number of aliphatic hydroxyl groups excluding tert-OH is 1. The van der Waals surface area contributed by atoms with Crippen LogP contribution in [0, 0.1) is 28.6 Å². The van der Waals surface area contributed by atoms with Crippen molar-refractivity contribution < 1.29 is 34.5 Å². The van der Waals surface area contributed by atoms with Gasteiger partial charge in [-0.15, -0.1) is 0 Å². The molecule has 0 aliphatic heterocycles. The second-order valence-electron chi connectivity index (χ2n) is 11.4. The Hall–Kier alpha value is -2.42. The fourth-order valence-corrected chi connectivity index (χ4v) is 7.55. The number of rotatable bonds is 8. The SMILES string of the molecule is C[C@]12CC[C@H]3[C@@H](CCC4=C/C(=N/OCC(=O)N[C@@H](CCC(=O)O)C(=O)O)CC[C@@]43C)[C@@H]1CC[C@H]2O. The Kier molecular flexibility index (Phi) is 7.27. The summed E-state index contributed by atoms with van der Waals surface area (Å²) >= 11 is 0. The molecular formula is C26H38N2O7. The molecule has 3 fully saturated rings. The number of fused-ring (bicyclic) bond motifs is 5. The summed E-state index contributed by atoms with van der Waals surface area (Å²) in [5, 5.41) is 35.0. The zero-order chi connectivity index (χ0) is 25.4. The standard InChI is InChI=1S/C26H38N2O7/c1-25-11-9-16(28-35-14-22(30)27-20(24(33)34)6-8-23(31)32)13-15(25)3-4-17-18-5-7-21(29)26(18,2)12-10-19(17)25/h13,17-21,29H,3-12,14H2,1-2H3,(H,27,30)(H,31,32)(H,33,34)/b28-16+/t17-,18-,19-,20-,21+,25-,26-/m0/s1. The van der Waals surface area contributed by atoms with E-state index >= 15 is 0 Å². The Balaban J connectivity index is 1.35. The molecule has 4 rings (SSSR count). The summed E-state index contributed by atoms with van der Waals surface area (Å²) in [4.78, 5) is 39.2. The van der Waals surface area contributed by atoms with Crippen molar-refractivity contribution in [1.29, 1.82) is 0 Å². The van der Waals surface area contributed by atoms with Crippen molar-refractivity contribution in [3.8, 4) is 0 Å². The minimum absolute atomic E-state index is 0.0711. The molecular weight excluding hydrogens is 452 g/mol. The third-order valence-electron chi connectivity index (χ3n) is 9.58. The van der Waals surface area contributed by atoms with Crippen LogP contribution in [0.1, 0.15) is 78.1 Å². The van der Waals surface area contributed by atoms with E-state index in [9.17, 15) is 19.5 Å². The highest BCUT2D eigenvalue weighted by atomic mass is 16.6. The number of oxime groups is 1. The molecule has 4 aliphatic carbocycles. The second kappa shape index (κ2) is 9.91. The number of amides is 1. The van der Waals surface area contributed by atoms with Crippen LogP contribution in [0.4, 0.5) is 0 Å². The molecule has 0 bridgehead atoms. The van der Waals surface area contributed by atoms with E-state index in [1.807, 2.05) is 0 Å². The lowest BCUT2D eigenvalue weighted by Crippen LogP contribution is -2.51. The first-order chi connectivity index (χ1) is 16.5. The average Bonchev–Trinajstić information content (AvgIpc) is 3.11. The molecule has 4 N–H and O–H groups in total. The summed E-state index contributed by atoms with van der Waals surface area (Å²) in [5.74, 6) is -1.16. The molecule has 194 valence electrons. The monoisotopic (exact) mass is 490 g/mol. The summed E-state index contributed by atoms with van der Waals surface area (Å²) in [5.41, 5.74) is 2.40. The average molecular weight is 491 g/mol. The minimum Gasteiger partial charge on any atom is -0.481 e. The molecule has 35 heavy (non-hydrogen) atoms. The van der Waals surface area contributed by atoms with Crippen LogP contribution in [0.15, 0.2) is 16.8 Å². The molecule has 0 unspecified atom stereocenters. The van der Waals surface area contributed by atoms with Gasteiger partial charge in [-0.1, -0.05) is 24.6 Å². The molecule has 0 saturated heterocycles. The van der Waals surface area contributed by atoms with Crippen LogP contribution in [-0.2, 0) is 19.2 Å². The van der Waals surface area contributed by atoms with Gasteiger partial charge in [0.15, 0.2) is 6.61 Å². The number of hydrogen-bond acceptors (Lipinski definition) is 6. The number of aliphatic carboxylic acids is 2. The lowest BCUT2D eigenvalue weighted by molar-refractivity contribution is -0.143. The van der Waals surface area contributed by atoms with Gasteiger partial charge in [-0.2, -0.15) is 0 Å². The van der Waals surface area contributed by atoms with Crippen molar-refractivity contribution in [2.24, 2.45) is 33.7 Å². The molecule has 3 saturated carbocycles. The van der Waals surface area contributed by atoms with E-state index in [1.165, 1.54) is 5.57 Å². The maximum Gasteiger partial charge on any atom is 0.326 e. The summed E-state index contributed by atoms with van der Waals surface area (Å²) in [6.07, 6.45) is 9.61. The maximum absolute atomic E-state index is 12.1. The lowest BCUT2D eigenvalue weighted by Gasteiger charge is -2.57. The van der Waals surface area contributed by atoms with Crippen LogP contribution < -0.4 is 5.32 Å². The lowest BCUT2D eigenvalue weighted by atomic mass is 9.47. The van der Waals surface area contributed by atoms with E-state index in [0.717, 1.165) is 57.1 Å². The predicted molar refractivity (Wildman–Crippen MR) is 128 cm³/mol. The molecule has 0 aromatic heterocycles. The van der Waals surface area contributed by atoms with Crippen molar-refractivity contribution >= 4 is 23.6 Å². The molecule has 0 spiro atoms. The maximum atomic E-state index is 12.1. The van der Waals surface area contributed by atoms with E-state index in [1.54, 1.807) is 0 Å². The molecule has 0 aromatic carbocycles. The van der Waals surface area contributed by atoms with E-state index in [4.69, 9.17) is 15.1 Å². The van der Waals surface area contributed by atoms with E-state index in [0.29, 0.717) is 17.8 Å². The normalized spacial score (nSPS) is 37.9. The number of aliphatic hydroxyl groups is 1. The second-order valence-corrected chi connectivity index (χ2v) is 11.4. The van der Waals surface area contributed by atoms with Crippen molar-refractivity contribution in [2.45, 2.75) is 90.2 Å². The fraction of sp³-hybridized carbons (Fsp3) is 0.769. The van der Waals surface area contributed by atoms with Crippen molar-refractivity contribution in [1.82, 2.24) is 5.32 Å². The Labute approximate surface area is 206 Å². The zero-order valence-corrected chi connectivity index (χ0v) is 20.7. The molecule has 7 atom stereocenters. The summed E-state index contributed by atoms with van der Waals surface area (Å²) in [6.45, 7) is 4.26. The summed E-state index contributed by atoms with van der Waals surface area (Å²) in [6, 6.07) is -1.28. The molecule has 0 aromatic rings. The summed E-state index contributed by atoms with van der Waals surface area (Å²) < 4.78 is 0. The summed E-state index contributed by atoms with van der Waals surface area (Å²) in [7, 11) is 0. The van der Waals surface area contributed by atoms with Gasteiger partial charge >= 0.3 is 11.9 Å². The number of carboxylic acid groups (broad SMARTS) is 2. The Morgan fingerprint density at radius 2 is 1.89 bits per heavy atom. The first-order valence-corrected chi connectivity index (χ1v) is 12.9. The quantitative estimate of drug-likeness (QED) is 0.382. The van der Waals surface area contributed by atoms with Gasteiger partial charge in [0.25, 0.3) is 5.91 Å². The Morgan fingerprint density at radius 3 is 2.60 bits per heavy atom. The zero-order valence-electron chi connectivity index (χ0n) is 20.7. The number of allylic oxidation sites excluding steroid dienone is 2. The number of carbonyl (C=O) groups is 3. The van der Waals surface area contributed by atoms with E-state index < -0.39 is 30.5 Å². The highest BCUT2D eigenvalue weighted by molar-refractivity contribution is 5.96. The van der Waals surface area contributed by atoms with Gasteiger partial charge in [0.05, 0.1) is 11.8 Å². The highest BCUT2D eigenvalue weighted by Crippen LogP contribution is 2.65. The van der Waals surface area contributed by atoms with Crippen LogP contribution in [0.2, 0.25) is 0 Å². The van der Waals surface area contributed by atoms with Crippen LogP contribution in [0.5, 0.6) is 0 Å². The van der Waals surface area contributed by atoms with Crippen molar-refractivity contribution in [3.05, 3.63) is 11.6 Å². The topological polar surface area (TPSA) is 146 Å². The van der Waals surface area contributed by atoms with Crippen molar-refractivity contribution in [2.75, 3.05) is 6.61 Å². The van der Waals surface area contributed by atoms with Gasteiger partial charge in [0, 0.05) is 6.42 Å². The molecule has 0 radical (unpaired) electrons. The number of nitrogens with zero attached hydrogens (tertiary/aromatic N) is 1. The van der Waals surface area contributed by atoms with Crippen LogP contribution >= 0.6 is 0 Å². The first kappa shape index (κ1) is 25.7. The molecule has 1 amide bonds. The van der Waals surface area contributed by atoms with Gasteiger partial charge < -0.3 is 25.5 Å². The molecule has 4 aliphatic rings. The van der Waals surface area contributed by atoms with Gasteiger partial charge in [-0.05, 0) is 92.4 Å². The van der Waals surface area contributed by atoms with Crippen molar-refractivity contribution in [3.63, 3.8) is 0 Å². The number of nitrogens with one attached hydrogen (secondary N) is 1. The predicted octanol–water partition coefficient (Wildman–Crippen LogP) is 3.12.